The van der Waals surface area contributed by atoms with Gasteiger partial charge in [0.1, 0.15) is 0 Å². The van der Waals surface area contributed by atoms with E-state index < -0.39 is 17.8 Å². The summed E-state index contributed by atoms with van der Waals surface area (Å²) in [6.07, 6.45) is -4.75. The minimum absolute atomic E-state index is 0.0104. The van der Waals surface area contributed by atoms with E-state index >= 15 is 0 Å². The third-order valence-electron chi connectivity index (χ3n) is 3.27. The fraction of sp³-hybridized carbons (Fsp3) is 0.571. The lowest BCUT2D eigenvalue weighted by Crippen LogP contribution is -2.38. The fourth-order valence-electron chi connectivity index (χ4n) is 1.82. The summed E-state index contributed by atoms with van der Waals surface area (Å²) in [5.74, 6) is 0. The SMILES string of the molecule is C[C@@H](CO)N(C)CC(O)Cc1ccc(C(F)(F)F)cc1. The number of nitrogens with zero attached hydrogens (tertiary/aromatic N) is 1. The van der Waals surface area contributed by atoms with Gasteiger partial charge in [0.15, 0.2) is 0 Å². The molecule has 1 unspecified atom stereocenters. The topological polar surface area (TPSA) is 43.7 Å². The molecule has 0 saturated heterocycles. The molecular weight excluding hydrogens is 271 g/mol. The predicted molar refractivity (Wildman–Crippen MR) is 70.3 cm³/mol. The van der Waals surface area contributed by atoms with Crippen molar-refractivity contribution in [3.8, 4) is 0 Å². The van der Waals surface area contributed by atoms with Crippen LogP contribution in [-0.2, 0) is 12.6 Å². The lowest BCUT2D eigenvalue weighted by atomic mass is 10.0. The number of benzene rings is 1. The fourth-order valence-corrected chi connectivity index (χ4v) is 1.82. The Morgan fingerprint density at radius 2 is 1.75 bits per heavy atom. The zero-order valence-corrected chi connectivity index (χ0v) is 11.6. The molecule has 0 spiro atoms. The molecule has 20 heavy (non-hydrogen) atoms. The molecule has 0 fully saturated rings. The third-order valence-corrected chi connectivity index (χ3v) is 3.27. The normalized spacial score (nSPS) is 15.4. The number of halogens is 3. The average molecular weight is 291 g/mol. The molecule has 0 radical (unpaired) electrons. The minimum atomic E-state index is -4.34. The Morgan fingerprint density at radius 3 is 2.20 bits per heavy atom. The van der Waals surface area contributed by atoms with Crippen LogP contribution in [0, 0.1) is 0 Å². The van der Waals surface area contributed by atoms with Gasteiger partial charge in [0.25, 0.3) is 0 Å². The molecule has 114 valence electrons. The highest BCUT2D eigenvalue weighted by molar-refractivity contribution is 5.25. The minimum Gasteiger partial charge on any atom is -0.395 e. The second-order valence-electron chi connectivity index (χ2n) is 5.02. The molecular formula is C14H20F3NO2. The van der Waals surface area contributed by atoms with Gasteiger partial charge in [0.05, 0.1) is 18.3 Å². The van der Waals surface area contributed by atoms with Gasteiger partial charge in [-0.3, -0.25) is 4.90 Å². The van der Waals surface area contributed by atoms with Gasteiger partial charge in [-0.25, -0.2) is 0 Å². The van der Waals surface area contributed by atoms with Crippen molar-refractivity contribution in [2.24, 2.45) is 0 Å². The first-order valence-corrected chi connectivity index (χ1v) is 6.39. The van der Waals surface area contributed by atoms with E-state index in [2.05, 4.69) is 0 Å². The number of hydrogen-bond acceptors (Lipinski definition) is 3. The van der Waals surface area contributed by atoms with Gasteiger partial charge in [0, 0.05) is 12.6 Å². The van der Waals surface area contributed by atoms with Crippen molar-refractivity contribution in [2.75, 3.05) is 20.2 Å². The zero-order chi connectivity index (χ0) is 15.3. The summed E-state index contributed by atoms with van der Waals surface area (Å²) < 4.78 is 37.2. The van der Waals surface area contributed by atoms with Crippen molar-refractivity contribution in [1.29, 1.82) is 0 Å². The van der Waals surface area contributed by atoms with E-state index in [4.69, 9.17) is 5.11 Å². The maximum absolute atomic E-state index is 12.4. The second-order valence-corrected chi connectivity index (χ2v) is 5.02. The van der Waals surface area contributed by atoms with Crippen molar-refractivity contribution in [2.45, 2.75) is 31.7 Å². The molecule has 0 heterocycles. The summed E-state index contributed by atoms with van der Waals surface area (Å²) in [4.78, 5) is 1.80. The van der Waals surface area contributed by atoms with Crippen LogP contribution in [0.1, 0.15) is 18.1 Å². The average Bonchev–Trinajstić information content (AvgIpc) is 2.37. The highest BCUT2D eigenvalue weighted by atomic mass is 19.4. The van der Waals surface area contributed by atoms with E-state index in [-0.39, 0.29) is 19.1 Å². The van der Waals surface area contributed by atoms with Gasteiger partial charge < -0.3 is 10.2 Å². The van der Waals surface area contributed by atoms with E-state index in [0.29, 0.717) is 12.1 Å². The van der Waals surface area contributed by atoms with E-state index in [0.717, 1.165) is 12.1 Å². The van der Waals surface area contributed by atoms with Gasteiger partial charge in [-0.05, 0) is 38.1 Å². The molecule has 2 atom stereocenters. The smallest absolute Gasteiger partial charge is 0.395 e. The Morgan fingerprint density at radius 1 is 1.20 bits per heavy atom. The quantitative estimate of drug-likeness (QED) is 0.841. The van der Waals surface area contributed by atoms with Crippen molar-refractivity contribution in [3.63, 3.8) is 0 Å². The summed E-state index contributed by atoms with van der Waals surface area (Å²) in [7, 11) is 1.77. The number of aliphatic hydroxyl groups is 2. The Balaban J connectivity index is 2.56. The van der Waals surface area contributed by atoms with E-state index in [1.165, 1.54) is 12.1 Å². The first-order chi connectivity index (χ1) is 9.24. The van der Waals surface area contributed by atoms with Crippen molar-refractivity contribution >= 4 is 0 Å². The van der Waals surface area contributed by atoms with Crippen LogP contribution in [0.5, 0.6) is 0 Å². The van der Waals surface area contributed by atoms with Gasteiger partial charge in [-0.2, -0.15) is 13.2 Å². The molecule has 2 N–H and O–H groups in total. The van der Waals surface area contributed by atoms with Crippen LogP contribution in [0.15, 0.2) is 24.3 Å². The zero-order valence-electron chi connectivity index (χ0n) is 11.6. The highest BCUT2D eigenvalue weighted by Crippen LogP contribution is 2.29. The molecule has 0 aliphatic heterocycles. The molecule has 0 aliphatic rings. The molecule has 0 saturated carbocycles. The van der Waals surface area contributed by atoms with Crippen LogP contribution in [0.4, 0.5) is 13.2 Å². The lowest BCUT2D eigenvalue weighted by Gasteiger charge is -2.25. The third kappa shape index (κ3) is 5.11. The number of rotatable bonds is 6. The van der Waals surface area contributed by atoms with Gasteiger partial charge in [-0.1, -0.05) is 12.1 Å². The first kappa shape index (κ1) is 16.9. The maximum Gasteiger partial charge on any atom is 0.416 e. The van der Waals surface area contributed by atoms with E-state index in [1.54, 1.807) is 11.9 Å². The van der Waals surface area contributed by atoms with Gasteiger partial charge >= 0.3 is 6.18 Å². The van der Waals surface area contributed by atoms with Crippen molar-refractivity contribution in [1.82, 2.24) is 4.90 Å². The molecule has 0 aromatic heterocycles. The first-order valence-electron chi connectivity index (χ1n) is 6.39. The van der Waals surface area contributed by atoms with Crippen LogP contribution in [-0.4, -0.2) is 47.5 Å². The summed E-state index contributed by atoms with van der Waals surface area (Å²) in [5.41, 5.74) is -0.0442. The molecule has 1 aromatic rings. The molecule has 6 heteroatoms. The van der Waals surface area contributed by atoms with Crippen LogP contribution >= 0.6 is 0 Å². The van der Waals surface area contributed by atoms with Crippen molar-refractivity contribution in [3.05, 3.63) is 35.4 Å². The maximum atomic E-state index is 12.4. The summed E-state index contributed by atoms with van der Waals surface area (Å²) >= 11 is 0. The standard InChI is InChI=1S/C14H20F3NO2/c1-10(9-19)18(2)8-13(20)7-11-3-5-12(6-4-11)14(15,16)17/h3-6,10,13,19-20H,7-9H2,1-2H3/t10-,13?/m0/s1. The molecule has 0 aliphatic carbocycles. The monoisotopic (exact) mass is 291 g/mol. The largest absolute Gasteiger partial charge is 0.416 e. The number of likely N-dealkylation sites (N-methyl/N-ethyl adjacent to an activating group) is 1. The molecule has 0 bridgehead atoms. The number of alkyl halides is 3. The Kier molecular flexibility index (Phi) is 5.98. The number of aliphatic hydroxyl groups excluding tert-OH is 2. The van der Waals surface area contributed by atoms with Crippen LogP contribution in [0.2, 0.25) is 0 Å². The molecule has 3 nitrogen and oxygen atoms in total. The van der Waals surface area contributed by atoms with E-state index in [9.17, 15) is 18.3 Å². The van der Waals surface area contributed by atoms with Crippen molar-refractivity contribution < 1.29 is 23.4 Å². The Labute approximate surface area is 116 Å². The van der Waals surface area contributed by atoms with Gasteiger partial charge in [0.2, 0.25) is 0 Å². The molecule has 1 rings (SSSR count). The van der Waals surface area contributed by atoms with Crippen LogP contribution < -0.4 is 0 Å². The lowest BCUT2D eigenvalue weighted by molar-refractivity contribution is -0.137. The molecule has 1 aromatic carbocycles. The molecule has 0 amide bonds. The predicted octanol–water partition coefficient (Wildman–Crippen LogP) is 1.92. The Hall–Kier alpha value is -1.11. The Bertz CT molecular complexity index is 406. The van der Waals surface area contributed by atoms with Crippen LogP contribution in [0.3, 0.4) is 0 Å². The summed E-state index contributed by atoms with van der Waals surface area (Å²) in [6, 6.07) is 4.71. The van der Waals surface area contributed by atoms with E-state index in [1.807, 2.05) is 6.92 Å². The summed E-state index contributed by atoms with van der Waals surface area (Å²) in [5, 5.41) is 18.9. The number of hydrogen-bond donors (Lipinski definition) is 2. The highest BCUT2D eigenvalue weighted by Gasteiger charge is 2.30. The second kappa shape index (κ2) is 7.06. The van der Waals surface area contributed by atoms with Gasteiger partial charge in [-0.15, -0.1) is 0 Å². The van der Waals surface area contributed by atoms with Crippen LogP contribution in [0.25, 0.3) is 0 Å². The summed E-state index contributed by atoms with van der Waals surface area (Å²) in [6.45, 7) is 2.16.